The van der Waals surface area contributed by atoms with Gasteiger partial charge < -0.3 is 19.3 Å². The molecule has 0 unspecified atom stereocenters. The van der Waals surface area contributed by atoms with E-state index in [4.69, 9.17) is 27.5 Å². The molecule has 2 aromatic carbocycles. The highest BCUT2D eigenvalue weighted by molar-refractivity contribution is 7.89. The number of nitrogens with one attached hydrogen (secondary N) is 2. The minimum atomic E-state index is -3.94. The van der Waals surface area contributed by atoms with E-state index in [0.29, 0.717) is 110 Å². The molecule has 4 aliphatic carbocycles. The van der Waals surface area contributed by atoms with E-state index in [1.807, 2.05) is 23.6 Å². The Balaban J connectivity index is 0.000000201. The van der Waals surface area contributed by atoms with Gasteiger partial charge in [0.25, 0.3) is 11.4 Å². The lowest BCUT2D eigenvalue weighted by Crippen LogP contribution is -2.50. The van der Waals surface area contributed by atoms with Crippen LogP contribution in [0, 0.1) is 67.1 Å². The number of sulfonamides is 2. The summed E-state index contributed by atoms with van der Waals surface area (Å²) in [5, 5.41) is 22.4. The number of rotatable bonds is 10. The Labute approximate surface area is 397 Å². The second kappa shape index (κ2) is 22.2. The van der Waals surface area contributed by atoms with E-state index in [1.54, 1.807) is 0 Å². The molecule has 21 heteroatoms. The molecule has 0 radical (unpaired) electrons. The molecule has 0 aromatic heterocycles. The Bertz CT molecular complexity index is 2490. The van der Waals surface area contributed by atoms with Crippen LogP contribution in [0.2, 0.25) is 5.02 Å². The minimum absolute atomic E-state index is 0.0930. The van der Waals surface area contributed by atoms with Crippen LogP contribution in [0.15, 0.2) is 46.2 Å². The number of morpholine rings is 2. The molecule has 4 saturated carbocycles. The number of halogens is 1. The summed E-state index contributed by atoms with van der Waals surface area (Å²) in [6.45, 7) is 8.38. The summed E-state index contributed by atoms with van der Waals surface area (Å²) < 4.78 is 67.1. The molecule has 2 saturated heterocycles. The molecule has 18 nitrogen and oxygen atoms in total. The Morgan fingerprint density at radius 2 is 1.09 bits per heavy atom. The fourth-order valence-corrected chi connectivity index (χ4v) is 11.3. The highest BCUT2D eigenvalue weighted by atomic mass is 35.5. The molecular weight excluding hydrogens is 928 g/mol. The zero-order valence-electron chi connectivity index (χ0n) is 37.9. The summed E-state index contributed by atoms with van der Waals surface area (Å²) in [6, 6.07) is 6.59. The van der Waals surface area contributed by atoms with Crippen molar-refractivity contribution in [1.82, 2.24) is 19.2 Å². The van der Waals surface area contributed by atoms with Gasteiger partial charge in [-0.15, -0.1) is 12.3 Å². The molecule has 67 heavy (non-hydrogen) atoms. The van der Waals surface area contributed by atoms with Gasteiger partial charge in [-0.2, -0.15) is 0 Å². The number of carbonyl (C=O) groups is 2. The lowest BCUT2D eigenvalue weighted by atomic mass is 9.73. The lowest BCUT2D eigenvalue weighted by molar-refractivity contribution is -0.385. The van der Waals surface area contributed by atoms with E-state index in [9.17, 15) is 46.7 Å². The lowest BCUT2D eigenvalue weighted by Gasteiger charge is -2.40. The van der Waals surface area contributed by atoms with Gasteiger partial charge >= 0.3 is 0 Å². The van der Waals surface area contributed by atoms with Crippen LogP contribution in [0.4, 0.5) is 11.4 Å². The van der Waals surface area contributed by atoms with Crippen molar-refractivity contribution >= 4 is 54.8 Å². The normalized spacial score (nSPS) is 25.3. The van der Waals surface area contributed by atoms with E-state index >= 15 is 0 Å². The van der Waals surface area contributed by atoms with Crippen LogP contribution in [0.25, 0.3) is 0 Å². The summed E-state index contributed by atoms with van der Waals surface area (Å²) in [7, 11) is -7.88. The summed E-state index contributed by atoms with van der Waals surface area (Å²) in [5.41, 5.74) is -1.57. The fourth-order valence-electron chi connectivity index (χ4n) is 8.44. The topological polar surface area (TPSA) is 238 Å². The molecule has 2 amide bonds. The second-order valence-corrected chi connectivity index (χ2v) is 22.3. The number of benzene rings is 2. The van der Waals surface area contributed by atoms with Crippen molar-refractivity contribution in [3.8, 4) is 24.2 Å². The SMILES string of the molecule is C#CC1CC1.CC1(C(=O)N2CCOCC2)CCC(NS(=O)(=O)c2ccc(C#CC3CC3)c([N+](=O)[O-])c2)CC1.CC1(C(=O)N2CCOCC2)CCC(NS(=O)(=O)c2ccc(Cl)c([N+](=O)[O-])c2)CC1. The van der Waals surface area contributed by atoms with Crippen molar-refractivity contribution < 1.29 is 45.7 Å². The van der Waals surface area contributed by atoms with Crippen LogP contribution in [0.3, 0.4) is 0 Å². The van der Waals surface area contributed by atoms with Crippen molar-refractivity contribution in [2.24, 2.45) is 22.7 Å². The summed E-state index contributed by atoms with van der Waals surface area (Å²) in [6.07, 6.45) is 13.9. The van der Waals surface area contributed by atoms with E-state index in [2.05, 4.69) is 27.2 Å². The monoisotopic (exact) mass is 986 g/mol. The molecule has 2 aromatic rings. The highest BCUT2D eigenvalue weighted by Crippen LogP contribution is 2.40. The molecule has 0 atom stereocenters. The average molecular weight is 988 g/mol. The van der Waals surface area contributed by atoms with Crippen LogP contribution in [-0.4, -0.2) is 113 Å². The van der Waals surface area contributed by atoms with Crippen LogP contribution in [0.1, 0.15) is 96.5 Å². The third kappa shape index (κ3) is 14.0. The predicted molar refractivity (Wildman–Crippen MR) is 249 cm³/mol. The third-order valence-electron chi connectivity index (χ3n) is 13.2. The quantitative estimate of drug-likeness (QED) is 0.163. The smallest absolute Gasteiger partial charge is 0.289 e. The zero-order chi connectivity index (χ0) is 48.6. The van der Waals surface area contributed by atoms with Crippen LogP contribution < -0.4 is 9.44 Å². The maximum atomic E-state index is 13.0. The molecule has 8 rings (SSSR count). The van der Waals surface area contributed by atoms with Gasteiger partial charge in [-0.3, -0.25) is 29.8 Å². The van der Waals surface area contributed by atoms with Gasteiger partial charge in [-0.05, 0) is 101 Å². The first-order valence-corrected chi connectivity index (χ1v) is 26.1. The number of terminal acetylenes is 1. The molecule has 0 bridgehead atoms. The first-order valence-electron chi connectivity index (χ1n) is 22.7. The van der Waals surface area contributed by atoms with Crippen molar-refractivity contribution in [3.63, 3.8) is 0 Å². The Hall–Kier alpha value is -4.67. The number of nitro benzene ring substituents is 2. The zero-order valence-corrected chi connectivity index (χ0v) is 40.3. The van der Waals surface area contributed by atoms with Crippen LogP contribution in [-0.2, 0) is 39.1 Å². The fraction of sp³-hybridized carbons (Fsp3) is 0.609. The molecule has 2 heterocycles. The van der Waals surface area contributed by atoms with Crippen molar-refractivity contribution in [3.05, 3.63) is 67.2 Å². The van der Waals surface area contributed by atoms with E-state index in [1.165, 1.54) is 37.1 Å². The largest absolute Gasteiger partial charge is 0.378 e. The first-order chi connectivity index (χ1) is 31.7. The maximum Gasteiger partial charge on any atom is 0.289 e. The molecule has 364 valence electrons. The molecule has 0 spiro atoms. The number of amides is 2. The van der Waals surface area contributed by atoms with Gasteiger partial charge in [0.15, 0.2) is 0 Å². The first kappa shape index (κ1) is 51.7. The van der Waals surface area contributed by atoms with Gasteiger partial charge in [-0.1, -0.05) is 37.3 Å². The average Bonchev–Trinajstić information content (AvgIpc) is 4.27. The van der Waals surface area contributed by atoms with Crippen LogP contribution >= 0.6 is 11.6 Å². The number of nitro groups is 2. The predicted octanol–water partition coefficient (Wildman–Crippen LogP) is 5.81. The minimum Gasteiger partial charge on any atom is -0.378 e. The second-order valence-electron chi connectivity index (χ2n) is 18.5. The number of hydrogen-bond donors (Lipinski definition) is 2. The molecule has 6 fully saturated rings. The Morgan fingerprint density at radius 3 is 1.46 bits per heavy atom. The molecule has 2 N–H and O–H groups in total. The van der Waals surface area contributed by atoms with Gasteiger partial charge in [0.05, 0.1) is 46.1 Å². The van der Waals surface area contributed by atoms with Crippen molar-refractivity contribution in [1.29, 1.82) is 0 Å². The standard InChI is InChI=1S/C23H29N3O6S.C18H24ClN3O6S.C5H6/c1-23(22(27)25-12-14-32-15-13-25)10-8-19(9-11-23)24-33(30,31)20-7-6-18(5-4-17-2-3-17)21(16-20)26(28)29;1-18(17(23)21-8-10-28-11-9-21)6-4-13(5-7-18)20-29(26,27)14-2-3-15(19)16(12-14)22(24)25;1-2-5-3-4-5/h6-7,16-17,19,24H,2-3,8-15H2,1H3;2-3,12-13,20H,4-11H2,1H3;1,5H,3-4H2. The van der Waals surface area contributed by atoms with E-state index in [0.717, 1.165) is 25.0 Å². The number of ether oxygens (including phenoxy) is 2. The maximum absolute atomic E-state index is 13.0. The number of hydrogen-bond acceptors (Lipinski definition) is 12. The summed E-state index contributed by atoms with van der Waals surface area (Å²) >= 11 is 5.76. The molecule has 2 aliphatic heterocycles. The molecular formula is C46H59ClN6O12S2. The van der Waals surface area contributed by atoms with Gasteiger partial charge in [0.1, 0.15) is 10.6 Å². The van der Waals surface area contributed by atoms with Crippen molar-refractivity contribution in [2.75, 3.05) is 52.6 Å². The summed E-state index contributed by atoms with van der Waals surface area (Å²) in [4.78, 5) is 50.4. The Kier molecular flexibility index (Phi) is 17.1. The van der Waals surface area contributed by atoms with E-state index < -0.39 is 46.4 Å². The number of carbonyl (C=O) groups excluding carboxylic acids is 2. The number of nitrogens with zero attached hydrogens (tertiary/aromatic N) is 4. The highest BCUT2D eigenvalue weighted by Gasteiger charge is 2.43. The van der Waals surface area contributed by atoms with Gasteiger partial charge in [-0.25, -0.2) is 26.3 Å². The third-order valence-corrected chi connectivity index (χ3v) is 16.5. The van der Waals surface area contributed by atoms with Gasteiger partial charge in [0, 0.05) is 73.1 Å². The Morgan fingerprint density at radius 1 is 0.687 bits per heavy atom. The van der Waals surface area contributed by atoms with Gasteiger partial charge in [0.2, 0.25) is 31.9 Å². The van der Waals surface area contributed by atoms with E-state index in [-0.39, 0.29) is 55.9 Å². The van der Waals surface area contributed by atoms with Crippen molar-refractivity contribution in [2.45, 2.75) is 113 Å². The van der Waals surface area contributed by atoms with Crippen LogP contribution in [0.5, 0.6) is 0 Å². The summed E-state index contributed by atoms with van der Waals surface area (Å²) in [5.74, 6) is 9.56. The molecule has 6 aliphatic rings.